The Morgan fingerprint density at radius 1 is 0.750 bits per heavy atom. The van der Waals surface area contributed by atoms with E-state index in [-0.39, 0.29) is 22.6 Å². The predicted octanol–water partition coefficient (Wildman–Crippen LogP) is 1.22. The number of carbonyl (C=O) groups is 2. The maximum absolute atomic E-state index is 10.3. The minimum absolute atomic E-state index is 0.140. The number of benzene rings is 2. The number of phenols is 2. The summed E-state index contributed by atoms with van der Waals surface area (Å²) in [5.74, 6) is -2.94. The van der Waals surface area contributed by atoms with Crippen LogP contribution in [0, 0.1) is 0 Å². The summed E-state index contributed by atoms with van der Waals surface area (Å²) in [5, 5.41) is 34.9. The second-order valence-corrected chi connectivity index (χ2v) is 4.16. The van der Waals surface area contributed by atoms with E-state index in [1.807, 2.05) is 0 Å². The van der Waals surface area contributed by atoms with E-state index in [1.165, 1.54) is 36.4 Å². The van der Waals surface area contributed by atoms with Gasteiger partial charge in [0.2, 0.25) is 0 Å². The Hall–Kier alpha value is -3.04. The van der Waals surface area contributed by atoms with Gasteiger partial charge in [-0.3, -0.25) is 0 Å². The molecule has 0 bridgehead atoms. The first kappa shape index (κ1) is 21.0. The molecule has 0 aliphatic rings. The van der Waals surface area contributed by atoms with E-state index in [4.69, 9.17) is 35.6 Å². The van der Waals surface area contributed by atoms with Gasteiger partial charge in [-0.15, -0.1) is 0 Å². The number of rotatable bonds is 2. The molecule has 9 nitrogen and oxygen atoms in total. The van der Waals surface area contributed by atoms with Crippen molar-refractivity contribution >= 4 is 23.3 Å². The van der Waals surface area contributed by atoms with Crippen molar-refractivity contribution in [3.05, 3.63) is 47.5 Å². The predicted molar refractivity (Wildman–Crippen MR) is 79.6 cm³/mol. The number of hydrogen-bond donors (Lipinski definition) is 6. The van der Waals surface area contributed by atoms with Gasteiger partial charge in [0.1, 0.15) is 22.6 Å². The van der Waals surface area contributed by atoms with Crippen LogP contribution in [0.15, 0.2) is 36.4 Å². The van der Waals surface area contributed by atoms with Crippen LogP contribution in [0.25, 0.3) is 0 Å². The zero-order chi connectivity index (χ0) is 18.9. The molecule has 0 aromatic heterocycles. The SMILES string of the molecule is Nc1ccc(C(=O)O)c(O)c1.Nc1ccc(C(=O)O)c(O)c1.[O]=[V]. The zero-order valence-corrected chi connectivity index (χ0v) is 13.5. The Morgan fingerprint density at radius 3 is 1.25 bits per heavy atom. The van der Waals surface area contributed by atoms with Gasteiger partial charge in [0.25, 0.3) is 0 Å². The zero-order valence-electron chi connectivity index (χ0n) is 12.1. The van der Waals surface area contributed by atoms with Crippen LogP contribution in [0.3, 0.4) is 0 Å². The number of hydrogen-bond acceptors (Lipinski definition) is 7. The Bertz CT molecular complexity index is 676. The fraction of sp³-hybridized carbons (Fsp3) is 0. The second kappa shape index (κ2) is 9.88. The summed E-state index contributed by atoms with van der Waals surface area (Å²) in [6.07, 6.45) is 0. The van der Waals surface area contributed by atoms with Gasteiger partial charge in [-0.1, -0.05) is 0 Å². The van der Waals surface area contributed by atoms with Gasteiger partial charge in [0.15, 0.2) is 0 Å². The van der Waals surface area contributed by atoms with E-state index in [1.54, 1.807) is 0 Å². The number of nitrogens with two attached hydrogens (primary N) is 2. The van der Waals surface area contributed by atoms with Gasteiger partial charge in [-0.25, -0.2) is 9.59 Å². The molecule has 24 heavy (non-hydrogen) atoms. The molecule has 0 radical (unpaired) electrons. The first-order valence-corrected chi connectivity index (χ1v) is 6.61. The molecule has 0 spiro atoms. The summed E-state index contributed by atoms with van der Waals surface area (Å²) < 4.78 is 8.19. The van der Waals surface area contributed by atoms with Crippen LogP contribution < -0.4 is 11.5 Å². The van der Waals surface area contributed by atoms with Crippen molar-refractivity contribution in [2.24, 2.45) is 0 Å². The third-order valence-electron chi connectivity index (χ3n) is 2.50. The molecule has 0 unspecified atom stereocenters. The van der Waals surface area contributed by atoms with E-state index >= 15 is 0 Å². The van der Waals surface area contributed by atoms with Gasteiger partial charge in [-0.2, -0.15) is 0 Å². The van der Waals surface area contributed by atoms with Gasteiger partial charge < -0.3 is 31.9 Å². The molecule has 0 saturated heterocycles. The van der Waals surface area contributed by atoms with Gasteiger partial charge in [0.05, 0.1) is 0 Å². The first-order chi connectivity index (χ1) is 11.2. The molecule has 0 atom stereocenters. The molecule has 8 N–H and O–H groups in total. The summed E-state index contributed by atoms with van der Waals surface area (Å²) in [6.45, 7) is 0. The van der Waals surface area contributed by atoms with Crippen molar-refractivity contribution in [1.82, 2.24) is 0 Å². The molecular formula is C14H14N2O7V. The Labute approximate surface area is 145 Å². The van der Waals surface area contributed by atoms with Crippen LogP contribution >= 0.6 is 0 Å². The molecule has 2 rings (SSSR count). The van der Waals surface area contributed by atoms with E-state index in [0.29, 0.717) is 11.4 Å². The molecular weight excluding hydrogens is 359 g/mol. The Balaban J connectivity index is 0.000000400. The standard InChI is InChI=1S/2C7H7NO3.O.V/c2*8-4-1-2-5(7(10)11)6(9)3-4;;/h2*1-3,9H,8H2,(H,10,11);;. The van der Waals surface area contributed by atoms with Crippen molar-refractivity contribution in [2.45, 2.75) is 0 Å². The van der Waals surface area contributed by atoms with Gasteiger partial charge in [-0.05, 0) is 24.3 Å². The van der Waals surface area contributed by atoms with E-state index in [2.05, 4.69) is 0 Å². The molecule has 0 aliphatic heterocycles. The molecule has 0 saturated carbocycles. The van der Waals surface area contributed by atoms with E-state index in [9.17, 15) is 9.59 Å². The minimum atomic E-state index is -1.16. The third kappa shape index (κ3) is 6.38. The second-order valence-electron chi connectivity index (χ2n) is 4.16. The number of aromatic carboxylic acids is 2. The van der Waals surface area contributed by atoms with Crippen molar-refractivity contribution < 1.29 is 51.1 Å². The van der Waals surface area contributed by atoms with Crippen LogP contribution in [0.1, 0.15) is 20.7 Å². The van der Waals surface area contributed by atoms with Gasteiger partial charge >= 0.3 is 33.0 Å². The van der Waals surface area contributed by atoms with Crippen LogP contribution in [0.2, 0.25) is 0 Å². The Kier molecular flexibility index (Phi) is 8.63. The fourth-order valence-corrected chi connectivity index (χ4v) is 1.46. The number of nitrogen functional groups attached to an aromatic ring is 2. The molecule has 0 heterocycles. The van der Waals surface area contributed by atoms with Crippen LogP contribution in [0.5, 0.6) is 11.5 Å². The fourth-order valence-electron chi connectivity index (χ4n) is 1.46. The Morgan fingerprint density at radius 2 is 1.04 bits per heavy atom. The molecule has 0 amide bonds. The maximum atomic E-state index is 10.3. The molecule has 2 aromatic carbocycles. The van der Waals surface area contributed by atoms with E-state index in [0.717, 1.165) is 17.4 Å². The summed E-state index contributed by atoms with van der Waals surface area (Å²) in [7, 11) is 0. The number of carboxylic acids is 2. The van der Waals surface area contributed by atoms with Crippen molar-refractivity contribution in [3.8, 4) is 11.5 Å². The summed E-state index contributed by atoms with van der Waals surface area (Å²) in [6, 6.07) is 7.75. The number of aromatic hydroxyl groups is 2. The summed E-state index contributed by atoms with van der Waals surface area (Å²) >= 11 is 1.06. The van der Waals surface area contributed by atoms with E-state index < -0.39 is 11.9 Å². The first-order valence-electron chi connectivity index (χ1n) is 6.04. The number of carboxylic acid groups (broad SMARTS) is 2. The monoisotopic (exact) mass is 373 g/mol. The molecule has 127 valence electrons. The number of anilines is 2. The van der Waals surface area contributed by atoms with Crippen LogP contribution in [-0.2, 0) is 21.0 Å². The molecule has 0 aliphatic carbocycles. The topological polar surface area (TPSA) is 184 Å². The summed E-state index contributed by atoms with van der Waals surface area (Å²) in [4.78, 5) is 20.7. The molecule has 10 heteroatoms. The quantitative estimate of drug-likeness (QED) is 0.421. The van der Waals surface area contributed by atoms with Crippen molar-refractivity contribution in [3.63, 3.8) is 0 Å². The summed E-state index contributed by atoms with van der Waals surface area (Å²) in [5.41, 5.74) is 11.0. The average Bonchev–Trinajstić information content (AvgIpc) is 2.49. The molecule has 2 aromatic rings. The van der Waals surface area contributed by atoms with Crippen molar-refractivity contribution in [1.29, 1.82) is 0 Å². The van der Waals surface area contributed by atoms with Gasteiger partial charge in [0, 0.05) is 23.5 Å². The van der Waals surface area contributed by atoms with Crippen molar-refractivity contribution in [2.75, 3.05) is 11.5 Å². The normalized spacial score (nSPS) is 8.79. The van der Waals surface area contributed by atoms with Crippen LogP contribution in [0.4, 0.5) is 11.4 Å². The molecule has 0 fully saturated rings. The van der Waals surface area contributed by atoms with Crippen LogP contribution in [-0.4, -0.2) is 32.4 Å². The average molecular weight is 373 g/mol. The third-order valence-corrected chi connectivity index (χ3v) is 2.50.